The van der Waals surface area contributed by atoms with Crippen molar-refractivity contribution in [2.45, 2.75) is 32.2 Å². The lowest BCUT2D eigenvalue weighted by Crippen LogP contribution is -2.32. The van der Waals surface area contributed by atoms with E-state index in [-0.39, 0.29) is 5.97 Å². The Morgan fingerprint density at radius 3 is 3.05 bits per heavy atom. The lowest BCUT2D eigenvalue weighted by molar-refractivity contribution is 0.0526. The number of hydrogen-bond donors (Lipinski definition) is 1. The monoisotopic (exact) mass is 289 g/mol. The first-order valence-electron chi connectivity index (χ1n) is 7.81. The van der Waals surface area contributed by atoms with Crippen LogP contribution in [-0.4, -0.2) is 36.7 Å². The molecule has 5 heteroatoms. The van der Waals surface area contributed by atoms with Crippen LogP contribution in [0.2, 0.25) is 0 Å². The molecule has 3 rings (SSSR count). The first-order valence-corrected chi connectivity index (χ1v) is 7.81. The first-order chi connectivity index (χ1) is 10.2. The van der Waals surface area contributed by atoms with Crippen LogP contribution in [0.4, 0.5) is 5.82 Å². The first kappa shape index (κ1) is 14.3. The van der Waals surface area contributed by atoms with Crippen molar-refractivity contribution in [3.8, 4) is 0 Å². The number of hydrogen-bond acceptors (Lipinski definition) is 5. The van der Waals surface area contributed by atoms with Gasteiger partial charge in [-0.1, -0.05) is 0 Å². The maximum Gasteiger partial charge on any atom is 0.341 e. The Bertz CT molecular complexity index is 520. The van der Waals surface area contributed by atoms with Crippen LogP contribution in [0.15, 0.2) is 18.3 Å². The quantitative estimate of drug-likeness (QED) is 0.860. The molecule has 0 aromatic carbocycles. The molecule has 0 radical (unpaired) electrons. The lowest BCUT2D eigenvalue weighted by Gasteiger charge is -2.27. The van der Waals surface area contributed by atoms with E-state index in [1.165, 1.54) is 6.42 Å². The number of nitrogens with zero attached hydrogens (tertiary/aromatic N) is 2. The van der Waals surface area contributed by atoms with Crippen molar-refractivity contribution in [1.29, 1.82) is 0 Å². The standard InChI is InChI=1S/C16H23N3O2/c1-2-21-16(20)14-4-3-7-18-15(14)19-9-11-5-6-13(17)8-12(11)10-19/h3-4,7,11-13H,2,5-6,8-10,17H2,1H3/t11-,12+,13?/m1/s1. The second kappa shape index (κ2) is 6.02. The van der Waals surface area contributed by atoms with Gasteiger partial charge in [-0.15, -0.1) is 0 Å². The van der Waals surface area contributed by atoms with Crippen molar-refractivity contribution in [3.05, 3.63) is 23.9 Å². The van der Waals surface area contributed by atoms with Crippen LogP contribution in [0, 0.1) is 11.8 Å². The lowest BCUT2D eigenvalue weighted by atomic mass is 9.79. The van der Waals surface area contributed by atoms with E-state index in [1.807, 2.05) is 6.92 Å². The SMILES string of the molecule is CCOC(=O)c1cccnc1N1C[C@H]2CCC(N)C[C@H]2C1. The van der Waals surface area contributed by atoms with E-state index < -0.39 is 0 Å². The van der Waals surface area contributed by atoms with E-state index >= 15 is 0 Å². The number of nitrogens with two attached hydrogens (primary N) is 1. The van der Waals surface area contributed by atoms with Gasteiger partial charge in [0.1, 0.15) is 11.4 Å². The fourth-order valence-corrected chi connectivity index (χ4v) is 3.66. The number of ether oxygens (including phenoxy) is 1. The fraction of sp³-hybridized carbons (Fsp3) is 0.625. The van der Waals surface area contributed by atoms with Gasteiger partial charge < -0.3 is 15.4 Å². The van der Waals surface area contributed by atoms with Crippen molar-refractivity contribution in [2.75, 3.05) is 24.6 Å². The summed E-state index contributed by atoms with van der Waals surface area (Å²) in [6, 6.07) is 3.92. The predicted octanol–water partition coefficient (Wildman–Crippen LogP) is 1.82. The maximum atomic E-state index is 12.1. The van der Waals surface area contributed by atoms with Gasteiger partial charge in [0.05, 0.1) is 6.61 Å². The summed E-state index contributed by atoms with van der Waals surface area (Å²) in [7, 11) is 0. The fourth-order valence-electron chi connectivity index (χ4n) is 3.66. The van der Waals surface area contributed by atoms with E-state index in [1.54, 1.807) is 18.3 Å². The molecular weight excluding hydrogens is 266 g/mol. The predicted molar refractivity (Wildman–Crippen MR) is 81.2 cm³/mol. The summed E-state index contributed by atoms with van der Waals surface area (Å²) in [5.74, 6) is 1.79. The summed E-state index contributed by atoms with van der Waals surface area (Å²) in [6.07, 6.45) is 5.13. The molecule has 21 heavy (non-hydrogen) atoms. The Hall–Kier alpha value is -1.62. The van der Waals surface area contributed by atoms with Crippen LogP contribution < -0.4 is 10.6 Å². The molecule has 1 saturated heterocycles. The third kappa shape index (κ3) is 2.88. The minimum Gasteiger partial charge on any atom is -0.462 e. The molecule has 1 aromatic heterocycles. The minimum atomic E-state index is -0.285. The molecule has 1 aliphatic heterocycles. The molecular formula is C16H23N3O2. The zero-order valence-corrected chi connectivity index (χ0v) is 12.5. The number of carbonyl (C=O) groups excluding carboxylic acids is 1. The van der Waals surface area contributed by atoms with Gasteiger partial charge in [0.15, 0.2) is 0 Å². The Kier molecular flexibility index (Phi) is 4.10. The molecule has 2 aliphatic rings. The highest BCUT2D eigenvalue weighted by atomic mass is 16.5. The molecule has 0 amide bonds. The Morgan fingerprint density at radius 1 is 1.43 bits per heavy atom. The second-order valence-electron chi connectivity index (χ2n) is 6.09. The topological polar surface area (TPSA) is 68.5 Å². The van der Waals surface area contributed by atoms with E-state index in [9.17, 15) is 4.79 Å². The van der Waals surface area contributed by atoms with E-state index in [2.05, 4.69) is 9.88 Å². The number of anilines is 1. The van der Waals surface area contributed by atoms with E-state index in [0.29, 0.717) is 30.0 Å². The summed E-state index contributed by atoms with van der Waals surface area (Å²) in [5.41, 5.74) is 6.66. The summed E-state index contributed by atoms with van der Waals surface area (Å²) >= 11 is 0. The highest BCUT2D eigenvalue weighted by molar-refractivity contribution is 5.94. The number of rotatable bonds is 3. The molecule has 5 nitrogen and oxygen atoms in total. The number of carbonyl (C=O) groups is 1. The minimum absolute atomic E-state index is 0.285. The van der Waals surface area contributed by atoms with E-state index in [4.69, 9.17) is 10.5 Å². The Labute approximate surface area is 125 Å². The average molecular weight is 289 g/mol. The molecule has 0 bridgehead atoms. The molecule has 3 atom stereocenters. The molecule has 2 fully saturated rings. The summed E-state index contributed by atoms with van der Waals surface area (Å²) in [6.45, 7) is 4.12. The maximum absolute atomic E-state index is 12.1. The molecule has 2 heterocycles. The number of esters is 1. The highest BCUT2D eigenvalue weighted by Crippen LogP contribution is 2.38. The molecule has 1 aliphatic carbocycles. The number of aromatic nitrogens is 1. The van der Waals surface area contributed by atoms with Crippen molar-refractivity contribution < 1.29 is 9.53 Å². The zero-order valence-electron chi connectivity index (χ0n) is 12.5. The van der Waals surface area contributed by atoms with Crippen molar-refractivity contribution in [1.82, 2.24) is 4.98 Å². The number of pyridine rings is 1. The zero-order chi connectivity index (χ0) is 14.8. The van der Waals surface area contributed by atoms with Crippen LogP contribution in [0.1, 0.15) is 36.5 Å². The van der Waals surface area contributed by atoms with Gasteiger partial charge in [0.25, 0.3) is 0 Å². The second-order valence-corrected chi connectivity index (χ2v) is 6.09. The molecule has 114 valence electrons. The molecule has 1 unspecified atom stereocenters. The summed E-state index contributed by atoms with van der Waals surface area (Å²) in [4.78, 5) is 18.8. The smallest absolute Gasteiger partial charge is 0.341 e. The van der Waals surface area contributed by atoms with Gasteiger partial charge in [-0.05, 0) is 50.2 Å². The average Bonchev–Trinajstić information content (AvgIpc) is 2.90. The van der Waals surface area contributed by atoms with Gasteiger partial charge in [0, 0.05) is 25.3 Å². The molecule has 1 saturated carbocycles. The number of fused-ring (bicyclic) bond motifs is 1. The van der Waals surface area contributed by atoms with E-state index in [0.717, 1.165) is 31.7 Å². The third-order valence-corrected chi connectivity index (χ3v) is 4.67. The van der Waals surface area contributed by atoms with Gasteiger partial charge in [-0.3, -0.25) is 0 Å². The van der Waals surface area contributed by atoms with Gasteiger partial charge in [0.2, 0.25) is 0 Å². The van der Waals surface area contributed by atoms with Gasteiger partial charge >= 0.3 is 5.97 Å². The largest absolute Gasteiger partial charge is 0.462 e. The van der Waals surface area contributed by atoms with Gasteiger partial charge in [-0.2, -0.15) is 0 Å². The van der Waals surface area contributed by atoms with Crippen LogP contribution in [0.3, 0.4) is 0 Å². The molecule has 2 N–H and O–H groups in total. The van der Waals surface area contributed by atoms with Crippen molar-refractivity contribution in [2.24, 2.45) is 17.6 Å². The third-order valence-electron chi connectivity index (χ3n) is 4.67. The van der Waals surface area contributed by atoms with Crippen LogP contribution in [0.25, 0.3) is 0 Å². The summed E-state index contributed by atoms with van der Waals surface area (Å²) < 4.78 is 5.14. The highest BCUT2D eigenvalue weighted by Gasteiger charge is 2.38. The van der Waals surface area contributed by atoms with Gasteiger partial charge in [-0.25, -0.2) is 9.78 Å². The Balaban J connectivity index is 1.80. The molecule has 0 spiro atoms. The van der Waals surface area contributed by atoms with Crippen molar-refractivity contribution >= 4 is 11.8 Å². The normalized spacial score (nSPS) is 28.3. The van der Waals surface area contributed by atoms with Crippen molar-refractivity contribution in [3.63, 3.8) is 0 Å². The molecule has 1 aromatic rings. The Morgan fingerprint density at radius 2 is 2.24 bits per heavy atom. The van der Waals surface area contributed by atoms with Crippen LogP contribution >= 0.6 is 0 Å². The van der Waals surface area contributed by atoms with Crippen LogP contribution in [0.5, 0.6) is 0 Å². The van der Waals surface area contributed by atoms with Crippen LogP contribution in [-0.2, 0) is 4.74 Å². The summed E-state index contributed by atoms with van der Waals surface area (Å²) in [5, 5.41) is 0.